The molecule has 3 aliphatic heterocycles. The minimum absolute atomic E-state index is 0.0888. The molecule has 12 nitrogen and oxygen atoms in total. The lowest BCUT2D eigenvalue weighted by Crippen LogP contribution is -2.54. The predicted octanol–water partition coefficient (Wildman–Crippen LogP) is 2.04. The lowest BCUT2D eigenvalue weighted by Gasteiger charge is -2.32. The highest BCUT2D eigenvalue weighted by molar-refractivity contribution is 6.24. The summed E-state index contributed by atoms with van der Waals surface area (Å²) < 4.78 is 16.8. The number of carbonyl (C=O) groups is 5. The standard InChI is InChI=1S/C30H42N4O8/c1-30(2,3)42-29(39)31-21-11-13-33(14-12-21)15-17-41-19-18-40-16-5-7-20-6-4-8-22-25(20)28(38)34(27(22)37)23-9-10-24(35)32-26(23)36/h4,6,8,21,23H,5,7,9-19H2,1-3H3,(H,31,39)(H,32,35,36). The largest absolute Gasteiger partial charge is 0.444 e. The van der Waals surface area contributed by atoms with Crippen molar-refractivity contribution < 1.29 is 38.2 Å². The second kappa shape index (κ2) is 14.2. The van der Waals surface area contributed by atoms with Gasteiger partial charge in [-0.05, 0) is 64.5 Å². The summed E-state index contributed by atoms with van der Waals surface area (Å²) in [5.41, 5.74) is 0.866. The molecule has 0 aromatic heterocycles. The third-order valence-electron chi connectivity index (χ3n) is 7.52. The maximum Gasteiger partial charge on any atom is 0.407 e. The number of nitrogens with one attached hydrogen (secondary N) is 2. The first-order chi connectivity index (χ1) is 20.0. The van der Waals surface area contributed by atoms with Gasteiger partial charge in [-0.2, -0.15) is 0 Å². The Morgan fingerprint density at radius 2 is 1.69 bits per heavy atom. The molecule has 2 N–H and O–H groups in total. The highest BCUT2D eigenvalue weighted by Crippen LogP contribution is 2.30. The molecule has 0 bridgehead atoms. The van der Waals surface area contributed by atoms with Crippen molar-refractivity contribution in [2.75, 3.05) is 46.1 Å². The minimum Gasteiger partial charge on any atom is -0.444 e. The van der Waals surface area contributed by atoms with E-state index in [1.54, 1.807) is 12.1 Å². The average Bonchev–Trinajstić information content (AvgIpc) is 3.17. The Balaban J connectivity index is 1.09. The molecule has 0 spiro atoms. The van der Waals surface area contributed by atoms with Gasteiger partial charge in [-0.25, -0.2) is 4.79 Å². The number of likely N-dealkylation sites (tertiary alicyclic amines) is 1. The van der Waals surface area contributed by atoms with Crippen LogP contribution in [0.4, 0.5) is 4.79 Å². The fourth-order valence-electron chi connectivity index (χ4n) is 5.45. The summed E-state index contributed by atoms with van der Waals surface area (Å²) in [5, 5.41) is 5.16. The van der Waals surface area contributed by atoms with E-state index in [-0.39, 0.29) is 25.0 Å². The van der Waals surface area contributed by atoms with Crippen LogP contribution in [0.2, 0.25) is 0 Å². The van der Waals surface area contributed by atoms with Crippen LogP contribution in [0.5, 0.6) is 0 Å². The molecule has 12 heteroatoms. The summed E-state index contributed by atoms with van der Waals surface area (Å²) in [5.74, 6) is -2.00. The molecule has 3 heterocycles. The minimum atomic E-state index is -0.973. The van der Waals surface area contributed by atoms with Crippen LogP contribution >= 0.6 is 0 Å². The second-order valence-electron chi connectivity index (χ2n) is 11.9. The summed E-state index contributed by atoms with van der Waals surface area (Å²) in [4.78, 5) is 65.2. The number of benzene rings is 1. The van der Waals surface area contributed by atoms with E-state index in [0.29, 0.717) is 50.4 Å². The molecular formula is C30H42N4O8. The van der Waals surface area contributed by atoms with E-state index >= 15 is 0 Å². The van der Waals surface area contributed by atoms with Crippen molar-refractivity contribution in [2.45, 2.75) is 77.0 Å². The quantitative estimate of drug-likeness (QED) is 0.278. The van der Waals surface area contributed by atoms with Gasteiger partial charge in [0.25, 0.3) is 11.8 Å². The molecule has 3 aliphatic rings. The zero-order valence-electron chi connectivity index (χ0n) is 24.7. The summed E-state index contributed by atoms with van der Waals surface area (Å²) in [6.07, 6.45) is 2.81. The van der Waals surface area contributed by atoms with Crippen molar-refractivity contribution in [3.05, 3.63) is 34.9 Å². The highest BCUT2D eigenvalue weighted by Gasteiger charge is 2.45. The van der Waals surface area contributed by atoms with Crippen molar-refractivity contribution in [2.24, 2.45) is 0 Å². The van der Waals surface area contributed by atoms with Crippen LogP contribution in [0.15, 0.2) is 18.2 Å². The van der Waals surface area contributed by atoms with Crippen LogP contribution < -0.4 is 10.6 Å². The summed E-state index contributed by atoms with van der Waals surface area (Å²) >= 11 is 0. The molecule has 2 saturated heterocycles. The number of alkyl carbamates (subject to hydrolysis) is 1. The lowest BCUT2D eigenvalue weighted by molar-refractivity contribution is -0.136. The number of fused-ring (bicyclic) bond motifs is 1. The number of carbonyl (C=O) groups excluding carboxylic acids is 5. The number of hydrogen-bond donors (Lipinski definition) is 2. The van der Waals surface area contributed by atoms with Crippen molar-refractivity contribution in [1.82, 2.24) is 20.4 Å². The number of imide groups is 2. The molecule has 1 aromatic rings. The zero-order chi connectivity index (χ0) is 30.3. The Bertz CT molecular complexity index is 1170. The molecule has 0 saturated carbocycles. The van der Waals surface area contributed by atoms with Gasteiger partial charge in [0.15, 0.2) is 0 Å². The number of ether oxygens (including phenoxy) is 3. The van der Waals surface area contributed by atoms with Crippen molar-refractivity contribution >= 4 is 29.7 Å². The number of amides is 5. The van der Waals surface area contributed by atoms with Crippen molar-refractivity contribution in [3.63, 3.8) is 0 Å². The highest BCUT2D eigenvalue weighted by atomic mass is 16.6. The fourth-order valence-corrected chi connectivity index (χ4v) is 5.45. The first kappa shape index (κ1) is 31.6. The Morgan fingerprint density at radius 1 is 0.976 bits per heavy atom. The summed E-state index contributed by atoms with van der Waals surface area (Å²) in [6.45, 7) is 10.2. The van der Waals surface area contributed by atoms with E-state index in [2.05, 4.69) is 15.5 Å². The topological polar surface area (TPSA) is 144 Å². The van der Waals surface area contributed by atoms with E-state index in [1.165, 1.54) is 0 Å². The SMILES string of the molecule is CC(C)(C)OC(=O)NC1CCN(CCOCCOCCCc2cccc3c2C(=O)N(C2CCC(=O)NC2=O)C3=O)CC1. The van der Waals surface area contributed by atoms with Gasteiger partial charge in [0.1, 0.15) is 11.6 Å². The third kappa shape index (κ3) is 8.36. The van der Waals surface area contributed by atoms with Crippen LogP contribution in [0.3, 0.4) is 0 Å². The van der Waals surface area contributed by atoms with Gasteiger partial charge in [0.05, 0.1) is 30.9 Å². The molecule has 2 fully saturated rings. The lowest BCUT2D eigenvalue weighted by atomic mass is 9.99. The number of rotatable bonds is 12. The van der Waals surface area contributed by atoms with Gasteiger partial charge >= 0.3 is 6.09 Å². The average molecular weight is 587 g/mol. The smallest absolute Gasteiger partial charge is 0.407 e. The molecule has 1 aromatic carbocycles. The Labute approximate surface area is 246 Å². The van der Waals surface area contributed by atoms with E-state index in [9.17, 15) is 24.0 Å². The van der Waals surface area contributed by atoms with Crippen LogP contribution in [-0.4, -0.2) is 103 Å². The van der Waals surface area contributed by atoms with E-state index in [0.717, 1.165) is 42.9 Å². The van der Waals surface area contributed by atoms with Gasteiger partial charge in [0.2, 0.25) is 11.8 Å². The molecule has 0 radical (unpaired) electrons. The van der Waals surface area contributed by atoms with Crippen molar-refractivity contribution in [1.29, 1.82) is 0 Å². The van der Waals surface area contributed by atoms with Crippen LogP contribution in [0, 0.1) is 0 Å². The molecule has 42 heavy (non-hydrogen) atoms. The number of hydrogen-bond acceptors (Lipinski definition) is 9. The first-order valence-corrected chi connectivity index (χ1v) is 14.7. The molecule has 4 rings (SSSR count). The van der Waals surface area contributed by atoms with Crippen LogP contribution in [0.1, 0.15) is 79.2 Å². The maximum absolute atomic E-state index is 13.2. The summed E-state index contributed by atoms with van der Waals surface area (Å²) in [7, 11) is 0. The van der Waals surface area contributed by atoms with Crippen LogP contribution in [0.25, 0.3) is 0 Å². The zero-order valence-corrected chi connectivity index (χ0v) is 24.7. The predicted molar refractivity (Wildman–Crippen MR) is 152 cm³/mol. The number of nitrogens with zero attached hydrogens (tertiary/aromatic N) is 2. The molecule has 5 amide bonds. The number of aryl methyl sites for hydroxylation is 1. The monoisotopic (exact) mass is 586 g/mol. The molecule has 0 aliphatic carbocycles. The molecule has 230 valence electrons. The Kier molecular flexibility index (Phi) is 10.7. The van der Waals surface area contributed by atoms with Crippen molar-refractivity contribution in [3.8, 4) is 0 Å². The van der Waals surface area contributed by atoms with E-state index < -0.39 is 35.3 Å². The first-order valence-electron chi connectivity index (χ1n) is 14.7. The van der Waals surface area contributed by atoms with E-state index in [1.807, 2.05) is 26.8 Å². The molecule has 1 unspecified atom stereocenters. The van der Waals surface area contributed by atoms with Crippen LogP contribution in [-0.2, 0) is 30.2 Å². The maximum atomic E-state index is 13.2. The second-order valence-corrected chi connectivity index (χ2v) is 11.9. The van der Waals surface area contributed by atoms with Gasteiger partial charge in [-0.3, -0.25) is 29.4 Å². The van der Waals surface area contributed by atoms with Gasteiger partial charge in [0, 0.05) is 38.7 Å². The Hall–Kier alpha value is -3.35. The number of piperidine rings is 2. The third-order valence-corrected chi connectivity index (χ3v) is 7.52. The summed E-state index contributed by atoms with van der Waals surface area (Å²) in [6, 6.07) is 4.31. The molecule has 1 atom stereocenters. The Morgan fingerprint density at radius 3 is 2.38 bits per heavy atom. The molecular weight excluding hydrogens is 544 g/mol. The van der Waals surface area contributed by atoms with Gasteiger partial charge < -0.3 is 24.4 Å². The van der Waals surface area contributed by atoms with E-state index in [4.69, 9.17) is 14.2 Å². The van der Waals surface area contributed by atoms with Gasteiger partial charge in [-0.1, -0.05) is 12.1 Å². The normalized spacial score (nSPS) is 20.1. The van der Waals surface area contributed by atoms with Gasteiger partial charge in [-0.15, -0.1) is 0 Å². The fraction of sp³-hybridized carbons (Fsp3) is 0.633.